The lowest BCUT2D eigenvalue weighted by Gasteiger charge is -2.17. The molecule has 1 saturated heterocycles. The Kier molecular flexibility index (Phi) is 3.40. The summed E-state index contributed by atoms with van der Waals surface area (Å²) in [7, 11) is 0. The highest BCUT2D eigenvalue weighted by Gasteiger charge is 2.19. The van der Waals surface area contributed by atoms with Crippen molar-refractivity contribution >= 4 is 10.9 Å². The van der Waals surface area contributed by atoms with Crippen LogP contribution in [-0.4, -0.2) is 22.6 Å². The Morgan fingerprint density at radius 1 is 1.25 bits per heavy atom. The highest BCUT2D eigenvalue weighted by Crippen LogP contribution is 2.15. The zero-order valence-corrected chi connectivity index (χ0v) is 11.0. The molecule has 0 saturated carbocycles. The monoisotopic (exact) mass is 277 g/mol. The predicted molar refractivity (Wildman–Crippen MR) is 74.5 cm³/mol. The van der Waals surface area contributed by atoms with Gasteiger partial charge in [-0.25, -0.2) is 9.18 Å². The van der Waals surface area contributed by atoms with Crippen molar-refractivity contribution in [3.63, 3.8) is 0 Å². The average Bonchev–Trinajstić information content (AvgIpc) is 2.67. The molecular formula is C14H16FN3O2. The number of H-pyrrole nitrogens is 1. The molecule has 0 bridgehead atoms. The fourth-order valence-electron chi connectivity index (χ4n) is 2.76. The molecule has 106 valence electrons. The fraction of sp³-hybridized carbons (Fsp3) is 0.429. The van der Waals surface area contributed by atoms with Gasteiger partial charge in [0.15, 0.2) is 0 Å². The zero-order valence-electron chi connectivity index (χ0n) is 11.0. The number of fused-ring (bicyclic) bond motifs is 1. The number of hydrogen-bond acceptors (Lipinski definition) is 3. The minimum Gasteiger partial charge on any atom is -0.315 e. The molecule has 0 aliphatic carbocycles. The van der Waals surface area contributed by atoms with Crippen LogP contribution >= 0.6 is 0 Å². The van der Waals surface area contributed by atoms with Gasteiger partial charge in [-0.15, -0.1) is 0 Å². The predicted octanol–water partition coefficient (Wildman–Crippen LogP) is 1.14. The molecule has 0 radical (unpaired) electrons. The number of benzene rings is 1. The van der Waals surface area contributed by atoms with Gasteiger partial charge in [0.25, 0.3) is 5.56 Å². The van der Waals surface area contributed by atoms with E-state index in [2.05, 4.69) is 10.3 Å². The number of hydrogen-bond donors (Lipinski definition) is 2. The normalized spacial score (nSPS) is 19.9. The van der Waals surface area contributed by atoms with E-state index >= 15 is 0 Å². The number of aromatic nitrogens is 2. The largest absolute Gasteiger partial charge is 0.329 e. The second-order valence-corrected chi connectivity index (χ2v) is 5.15. The average molecular weight is 277 g/mol. The maximum atomic E-state index is 13.2. The molecule has 2 N–H and O–H groups in total. The zero-order chi connectivity index (χ0) is 14.1. The Morgan fingerprint density at radius 3 is 2.95 bits per heavy atom. The highest BCUT2D eigenvalue weighted by atomic mass is 19.1. The third-order valence-electron chi connectivity index (χ3n) is 3.78. The van der Waals surface area contributed by atoms with Crippen molar-refractivity contribution in [2.24, 2.45) is 0 Å². The van der Waals surface area contributed by atoms with Gasteiger partial charge in [0, 0.05) is 6.54 Å². The van der Waals surface area contributed by atoms with Crippen LogP contribution in [0.1, 0.15) is 25.3 Å². The van der Waals surface area contributed by atoms with Gasteiger partial charge >= 0.3 is 5.69 Å². The summed E-state index contributed by atoms with van der Waals surface area (Å²) in [4.78, 5) is 27.2. The molecule has 2 heterocycles. The second-order valence-electron chi connectivity index (χ2n) is 5.15. The van der Waals surface area contributed by atoms with Gasteiger partial charge in [-0.3, -0.25) is 9.36 Å². The first-order valence-electron chi connectivity index (χ1n) is 6.81. The molecule has 1 atom stereocenters. The third-order valence-corrected chi connectivity index (χ3v) is 3.78. The van der Waals surface area contributed by atoms with Crippen molar-refractivity contribution in [3.8, 4) is 0 Å². The first-order chi connectivity index (χ1) is 9.66. The maximum absolute atomic E-state index is 13.2. The van der Waals surface area contributed by atoms with Crippen molar-refractivity contribution in [1.82, 2.24) is 14.9 Å². The number of aromatic amines is 1. The molecule has 0 amide bonds. The first kappa shape index (κ1) is 13.1. The first-order valence-corrected chi connectivity index (χ1v) is 6.81. The van der Waals surface area contributed by atoms with Crippen LogP contribution in [0.25, 0.3) is 10.9 Å². The van der Waals surface area contributed by atoms with E-state index in [1.807, 2.05) is 0 Å². The van der Waals surface area contributed by atoms with E-state index in [1.165, 1.54) is 22.8 Å². The Morgan fingerprint density at radius 2 is 2.10 bits per heavy atom. The molecule has 1 unspecified atom stereocenters. The lowest BCUT2D eigenvalue weighted by atomic mass is 10.1. The molecule has 1 aromatic carbocycles. The van der Waals surface area contributed by atoms with Crippen LogP contribution in [-0.2, 0) is 0 Å². The molecule has 1 aliphatic heterocycles. The minimum absolute atomic E-state index is 0.150. The topological polar surface area (TPSA) is 66.9 Å². The van der Waals surface area contributed by atoms with Gasteiger partial charge in [-0.05, 0) is 37.6 Å². The lowest BCUT2D eigenvalue weighted by Crippen LogP contribution is -2.41. The van der Waals surface area contributed by atoms with Gasteiger partial charge in [0.2, 0.25) is 0 Å². The third kappa shape index (κ3) is 2.27. The van der Waals surface area contributed by atoms with Gasteiger partial charge in [-0.1, -0.05) is 6.42 Å². The lowest BCUT2D eigenvalue weighted by molar-refractivity contribution is 0.435. The molecule has 0 spiro atoms. The molecule has 5 nitrogen and oxygen atoms in total. The summed E-state index contributed by atoms with van der Waals surface area (Å²) in [6, 6.07) is 3.68. The summed E-state index contributed by atoms with van der Waals surface area (Å²) in [6.45, 7) is 1.51. The van der Waals surface area contributed by atoms with Gasteiger partial charge in [0.05, 0.1) is 16.9 Å². The molecular weight excluding hydrogens is 261 g/mol. The quantitative estimate of drug-likeness (QED) is 0.821. The Labute approximate surface area is 114 Å². The summed E-state index contributed by atoms with van der Waals surface area (Å²) in [5.41, 5.74) is -0.572. The Hall–Kier alpha value is -1.95. The van der Waals surface area contributed by atoms with E-state index in [-0.39, 0.29) is 17.1 Å². The SMILES string of the molecule is O=c1[nH]c2cc(F)ccc2c(=O)n1C1CCCCNC1. The smallest absolute Gasteiger partial charge is 0.315 e. The van der Waals surface area contributed by atoms with Crippen LogP contribution in [0.4, 0.5) is 4.39 Å². The number of nitrogens with one attached hydrogen (secondary N) is 2. The van der Waals surface area contributed by atoms with Crippen LogP contribution in [0.3, 0.4) is 0 Å². The van der Waals surface area contributed by atoms with Crippen LogP contribution in [0, 0.1) is 5.82 Å². The van der Waals surface area contributed by atoms with Gasteiger partial charge in [0.1, 0.15) is 5.82 Å². The standard InChI is InChI=1S/C14H16FN3O2/c15-9-4-5-11-12(7-9)17-14(20)18(13(11)19)10-3-1-2-6-16-8-10/h4-5,7,10,16H,1-3,6,8H2,(H,17,20). The highest BCUT2D eigenvalue weighted by molar-refractivity contribution is 5.77. The number of rotatable bonds is 1. The molecule has 1 aliphatic rings. The molecule has 1 fully saturated rings. The summed E-state index contributed by atoms with van der Waals surface area (Å²) < 4.78 is 14.4. The van der Waals surface area contributed by atoms with Crippen molar-refractivity contribution in [2.75, 3.05) is 13.1 Å². The summed E-state index contributed by atoms with van der Waals surface area (Å²) in [5.74, 6) is -0.471. The van der Waals surface area contributed by atoms with E-state index < -0.39 is 11.5 Å². The molecule has 2 aromatic rings. The fourth-order valence-corrected chi connectivity index (χ4v) is 2.76. The van der Waals surface area contributed by atoms with E-state index in [0.29, 0.717) is 11.9 Å². The van der Waals surface area contributed by atoms with Crippen LogP contribution in [0.5, 0.6) is 0 Å². The van der Waals surface area contributed by atoms with Crippen molar-refractivity contribution < 1.29 is 4.39 Å². The molecule has 6 heteroatoms. The molecule has 1 aromatic heterocycles. The van der Waals surface area contributed by atoms with Gasteiger partial charge in [-0.2, -0.15) is 0 Å². The Balaban J connectivity index is 2.18. The van der Waals surface area contributed by atoms with Gasteiger partial charge < -0.3 is 10.3 Å². The summed E-state index contributed by atoms with van der Waals surface area (Å²) >= 11 is 0. The summed E-state index contributed by atoms with van der Waals surface area (Å²) in [5, 5.41) is 3.58. The van der Waals surface area contributed by atoms with Crippen molar-refractivity contribution in [2.45, 2.75) is 25.3 Å². The van der Waals surface area contributed by atoms with E-state index in [1.54, 1.807) is 0 Å². The maximum Gasteiger partial charge on any atom is 0.329 e. The number of nitrogens with zero attached hydrogens (tertiary/aromatic N) is 1. The minimum atomic E-state index is -0.471. The van der Waals surface area contributed by atoms with Crippen molar-refractivity contribution in [3.05, 3.63) is 44.9 Å². The molecule has 20 heavy (non-hydrogen) atoms. The number of halogens is 1. The van der Waals surface area contributed by atoms with Crippen LogP contribution in [0.15, 0.2) is 27.8 Å². The van der Waals surface area contributed by atoms with E-state index in [4.69, 9.17) is 0 Å². The van der Waals surface area contributed by atoms with E-state index in [0.717, 1.165) is 25.8 Å². The van der Waals surface area contributed by atoms with Crippen LogP contribution < -0.4 is 16.6 Å². The van der Waals surface area contributed by atoms with Crippen molar-refractivity contribution in [1.29, 1.82) is 0 Å². The van der Waals surface area contributed by atoms with E-state index in [9.17, 15) is 14.0 Å². The molecule has 3 rings (SSSR count). The second kappa shape index (κ2) is 5.20. The summed E-state index contributed by atoms with van der Waals surface area (Å²) in [6.07, 6.45) is 2.82. The van der Waals surface area contributed by atoms with Crippen LogP contribution in [0.2, 0.25) is 0 Å². The Bertz CT molecular complexity index is 742.